The van der Waals surface area contributed by atoms with Crippen molar-refractivity contribution in [2.45, 2.75) is 45.7 Å². The van der Waals surface area contributed by atoms with Crippen molar-refractivity contribution in [1.29, 1.82) is 0 Å². The molecule has 7 heteroatoms. The zero-order chi connectivity index (χ0) is 25.1. The Kier molecular flexibility index (Phi) is 6.80. The lowest BCUT2D eigenvalue weighted by molar-refractivity contribution is 0.0701. The molecule has 186 valence electrons. The average molecular weight is 488 g/mol. The van der Waals surface area contributed by atoms with Crippen molar-refractivity contribution in [3.8, 4) is 11.5 Å². The molecule has 36 heavy (non-hydrogen) atoms. The minimum atomic E-state index is -0.660. The Morgan fingerprint density at radius 2 is 1.81 bits per heavy atom. The summed E-state index contributed by atoms with van der Waals surface area (Å²) in [6.07, 6.45) is 4.72. The summed E-state index contributed by atoms with van der Waals surface area (Å²) in [6, 6.07) is 15.5. The molecule has 1 amide bonds. The molecule has 1 unspecified atom stereocenters. The molecule has 4 aromatic rings. The van der Waals surface area contributed by atoms with Gasteiger partial charge in [0.05, 0.1) is 43.0 Å². The van der Waals surface area contributed by atoms with E-state index in [1.54, 1.807) is 47.6 Å². The van der Waals surface area contributed by atoms with Crippen LogP contribution in [-0.2, 0) is 6.54 Å². The van der Waals surface area contributed by atoms with Gasteiger partial charge in [-0.25, -0.2) is 0 Å². The minimum Gasteiger partial charge on any atom is -0.490 e. The first-order valence-electron chi connectivity index (χ1n) is 12.4. The Hall–Kier alpha value is -4.00. The highest BCUT2D eigenvalue weighted by Gasteiger charge is 2.43. The number of hydrogen-bond donors (Lipinski definition) is 0. The Bertz CT molecular complexity index is 1420. The number of furan rings is 1. The number of unbranched alkanes of at least 4 members (excludes halogenated alkanes) is 2. The predicted molar refractivity (Wildman–Crippen MR) is 136 cm³/mol. The van der Waals surface area contributed by atoms with E-state index in [0.717, 1.165) is 24.8 Å². The number of para-hydroxylation sites is 1. The molecule has 0 aliphatic carbocycles. The predicted octanol–water partition coefficient (Wildman–Crippen LogP) is 6.10. The lowest BCUT2D eigenvalue weighted by Crippen LogP contribution is -2.29. The summed E-state index contributed by atoms with van der Waals surface area (Å²) in [7, 11) is 0. The number of carbonyl (C=O) groups excluding carboxylic acids is 1. The van der Waals surface area contributed by atoms with E-state index in [2.05, 4.69) is 6.92 Å². The van der Waals surface area contributed by atoms with Crippen LogP contribution in [0.15, 0.2) is 74.5 Å². The van der Waals surface area contributed by atoms with Gasteiger partial charge in [0.25, 0.3) is 5.91 Å². The van der Waals surface area contributed by atoms with E-state index >= 15 is 0 Å². The van der Waals surface area contributed by atoms with E-state index in [9.17, 15) is 9.59 Å². The average Bonchev–Trinajstić information content (AvgIpc) is 3.50. The molecule has 0 saturated heterocycles. The van der Waals surface area contributed by atoms with Gasteiger partial charge in [-0.05, 0) is 55.3 Å². The number of rotatable bonds is 10. The molecule has 5 rings (SSSR count). The molecular formula is C29H29NO6. The van der Waals surface area contributed by atoms with Crippen molar-refractivity contribution in [1.82, 2.24) is 4.90 Å². The zero-order valence-electron chi connectivity index (χ0n) is 20.5. The smallest absolute Gasteiger partial charge is 0.291 e. The van der Waals surface area contributed by atoms with Gasteiger partial charge in [-0.3, -0.25) is 9.59 Å². The maximum Gasteiger partial charge on any atom is 0.291 e. The van der Waals surface area contributed by atoms with Crippen molar-refractivity contribution in [2.24, 2.45) is 0 Å². The summed E-state index contributed by atoms with van der Waals surface area (Å²) in [5.41, 5.74) is 1.23. The van der Waals surface area contributed by atoms with Gasteiger partial charge in [0, 0.05) is 0 Å². The Morgan fingerprint density at radius 3 is 2.58 bits per heavy atom. The Labute approximate surface area is 209 Å². The van der Waals surface area contributed by atoms with Crippen molar-refractivity contribution in [2.75, 3.05) is 13.2 Å². The molecule has 2 aromatic carbocycles. The third-order valence-electron chi connectivity index (χ3n) is 6.37. The van der Waals surface area contributed by atoms with Gasteiger partial charge >= 0.3 is 0 Å². The van der Waals surface area contributed by atoms with Crippen molar-refractivity contribution in [3.63, 3.8) is 0 Å². The number of nitrogens with zero attached hydrogens (tertiary/aromatic N) is 1. The molecule has 0 fully saturated rings. The van der Waals surface area contributed by atoms with E-state index in [1.807, 2.05) is 25.1 Å². The molecular weight excluding hydrogens is 458 g/mol. The second kappa shape index (κ2) is 10.3. The zero-order valence-corrected chi connectivity index (χ0v) is 20.5. The van der Waals surface area contributed by atoms with Crippen LogP contribution in [0.5, 0.6) is 11.5 Å². The van der Waals surface area contributed by atoms with E-state index in [1.165, 1.54) is 0 Å². The maximum absolute atomic E-state index is 13.7. The summed E-state index contributed by atoms with van der Waals surface area (Å²) in [5.74, 6) is 1.54. The third-order valence-corrected chi connectivity index (χ3v) is 6.37. The normalized spacial score (nSPS) is 14.9. The highest BCUT2D eigenvalue weighted by atomic mass is 16.5. The number of ether oxygens (including phenoxy) is 2. The first-order valence-corrected chi connectivity index (χ1v) is 12.4. The number of hydrogen-bond acceptors (Lipinski definition) is 6. The molecule has 2 aromatic heterocycles. The van der Waals surface area contributed by atoms with Crippen molar-refractivity contribution >= 4 is 16.9 Å². The van der Waals surface area contributed by atoms with Gasteiger partial charge in [0.15, 0.2) is 16.9 Å². The number of benzene rings is 2. The van der Waals surface area contributed by atoms with Crippen molar-refractivity contribution < 1.29 is 23.1 Å². The highest BCUT2D eigenvalue weighted by molar-refractivity contribution is 5.99. The standard InChI is InChI=1S/C29H29NO6/c1-3-5-8-15-35-23-14-13-19(17-24(23)33-4-2)26-25-27(31)21-11-6-7-12-22(21)36-28(25)29(32)30(26)18-20-10-9-16-34-20/h6-7,9-14,16-17,26H,3-5,8,15,18H2,1-2H3. The summed E-state index contributed by atoms with van der Waals surface area (Å²) in [5, 5.41) is 0.440. The van der Waals surface area contributed by atoms with Gasteiger partial charge in [-0.2, -0.15) is 0 Å². The van der Waals surface area contributed by atoms with E-state index in [4.69, 9.17) is 18.3 Å². The topological polar surface area (TPSA) is 82.1 Å². The lowest BCUT2D eigenvalue weighted by Gasteiger charge is -2.25. The fraction of sp³-hybridized carbons (Fsp3) is 0.310. The number of amides is 1. The number of carbonyl (C=O) groups is 1. The van der Waals surface area contributed by atoms with E-state index in [-0.39, 0.29) is 23.6 Å². The van der Waals surface area contributed by atoms with E-state index in [0.29, 0.717) is 47.0 Å². The lowest BCUT2D eigenvalue weighted by atomic mass is 9.98. The van der Waals surface area contributed by atoms with Crippen LogP contribution in [0, 0.1) is 0 Å². The molecule has 0 N–H and O–H groups in total. The summed E-state index contributed by atoms with van der Waals surface area (Å²) < 4.78 is 23.4. The van der Waals surface area contributed by atoms with Crippen LogP contribution in [-0.4, -0.2) is 24.0 Å². The monoisotopic (exact) mass is 487 g/mol. The second-order valence-electron chi connectivity index (χ2n) is 8.78. The van der Waals surface area contributed by atoms with Crippen LogP contribution in [0.2, 0.25) is 0 Å². The molecule has 7 nitrogen and oxygen atoms in total. The molecule has 0 spiro atoms. The van der Waals surface area contributed by atoms with Crippen LogP contribution in [0.25, 0.3) is 11.0 Å². The molecule has 0 radical (unpaired) electrons. The SMILES string of the molecule is CCCCCOc1ccc(C2c3c(oc4ccccc4c3=O)C(=O)N2Cc2ccco2)cc1OCC. The van der Waals surface area contributed by atoms with Gasteiger partial charge in [-0.1, -0.05) is 38.0 Å². The van der Waals surface area contributed by atoms with Gasteiger partial charge in [-0.15, -0.1) is 0 Å². The fourth-order valence-corrected chi connectivity index (χ4v) is 4.66. The summed E-state index contributed by atoms with van der Waals surface area (Å²) in [6.45, 7) is 5.30. The first-order chi connectivity index (χ1) is 17.6. The fourth-order valence-electron chi connectivity index (χ4n) is 4.66. The molecule has 1 atom stereocenters. The Morgan fingerprint density at radius 1 is 0.944 bits per heavy atom. The molecule has 1 aliphatic heterocycles. The first kappa shape index (κ1) is 23.7. The number of fused-ring (bicyclic) bond motifs is 2. The molecule has 0 bridgehead atoms. The summed E-state index contributed by atoms with van der Waals surface area (Å²) in [4.78, 5) is 28.8. The second-order valence-corrected chi connectivity index (χ2v) is 8.78. The Balaban J connectivity index is 1.61. The van der Waals surface area contributed by atoms with E-state index < -0.39 is 6.04 Å². The van der Waals surface area contributed by atoms with Crippen molar-refractivity contribution in [3.05, 3.63) is 93.7 Å². The summed E-state index contributed by atoms with van der Waals surface area (Å²) >= 11 is 0. The van der Waals surface area contributed by atoms with Gasteiger partial charge in [0.2, 0.25) is 5.76 Å². The largest absolute Gasteiger partial charge is 0.490 e. The van der Waals surface area contributed by atoms with Crippen LogP contribution < -0.4 is 14.9 Å². The van der Waals surface area contributed by atoms with Crippen LogP contribution in [0.3, 0.4) is 0 Å². The van der Waals surface area contributed by atoms with Crippen LogP contribution in [0.1, 0.15) is 66.6 Å². The van der Waals surface area contributed by atoms with Crippen LogP contribution >= 0.6 is 0 Å². The third kappa shape index (κ3) is 4.37. The van der Waals surface area contributed by atoms with Gasteiger partial charge < -0.3 is 23.2 Å². The molecule has 1 aliphatic rings. The minimum absolute atomic E-state index is 0.0631. The highest BCUT2D eigenvalue weighted by Crippen LogP contribution is 2.41. The molecule has 0 saturated carbocycles. The van der Waals surface area contributed by atoms with Crippen LogP contribution in [0.4, 0.5) is 0 Å². The van der Waals surface area contributed by atoms with Gasteiger partial charge in [0.1, 0.15) is 11.3 Å². The molecule has 3 heterocycles. The quantitative estimate of drug-likeness (QED) is 0.252. The maximum atomic E-state index is 13.7.